The van der Waals surface area contributed by atoms with Crippen LogP contribution in [0.15, 0.2) is 42.7 Å². The standard InChI is InChI=1S/C21H26N4OS/c1-27-25-12-15-4-6-17(7-5-15)18-13-24-21-20(18)19(8-10-23-21)26-14-16-3-2-9-22-11-16/h4-8,10,13,16,22,25H,2-3,9,11-12,14H2,1H3,(H,23,24). The van der Waals surface area contributed by atoms with Gasteiger partial charge in [0.25, 0.3) is 0 Å². The zero-order chi connectivity index (χ0) is 18.5. The quantitative estimate of drug-likeness (QED) is 0.540. The Balaban J connectivity index is 1.57. The molecule has 4 rings (SSSR count). The lowest BCUT2D eigenvalue weighted by Crippen LogP contribution is -2.33. The van der Waals surface area contributed by atoms with Gasteiger partial charge in [-0.15, -0.1) is 0 Å². The summed E-state index contributed by atoms with van der Waals surface area (Å²) in [7, 11) is 0. The molecule has 0 aliphatic carbocycles. The topological polar surface area (TPSA) is 62.0 Å². The van der Waals surface area contributed by atoms with Crippen LogP contribution in [0.2, 0.25) is 0 Å². The molecule has 1 aliphatic heterocycles. The second-order valence-corrected chi connectivity index (χ2v) is 7.68. The van der Waals surface area contributed by atoms with Gasteiger partial charge in [0, 0.05) is 37.0 Å². The summed E-state index contributed by atoms with van der Waals surface area (Å²) in [5.41, 5.74) is 4.45. The fourth-order valence-corrected chi connectivity index (χ4v) is 3.92. The summed E-state index contributed by atoms with van der Waals surface area (Å²) in [5, 5.41) is 4.52. The fourth-order valence-electron chi connectivity index (χ4n) is 3.61. The number of fused-ring (bicyclic) bond motifs is 1. The molecule has 3 aromatic rings. The second kappa shape index (κ2) is 8.78. The van der Waals surface area contributed by atoms with Crippen molar-refractivity contribution in [1.82, 2.24) is 20.0 Å². The van der Waals surface area contributed by atoms with Crippen molar-refractivity contribution in [3.05, 3.63) is 48.3 Å². The molecular weight excluding hydrogens is 356 g/mol. The lowest BCUT2D eigenvalue weighted by Gasteiger charge is -2.23. The molecule has 1 aromatic carbocycles. The highest BCUT2D eigenvalue weighted by Crippen LogP contribution is 2.34. The van der Waals surface area contributed by atoms with Crippen molar-refractivity contribution < 1.29 is 4.74 Å². The van der Waals surface area contributed by atoms with Crippen molar-refractivity contribution in [2.24, 2.45) is 5.92 Å². The van der Waals surface area contributed by atoms with Crippen LogP contribution < -0.4 is 14.8 Å². The first-order chi connectivity index (χ1) is 13.3. The van der Waals surface area contributed by atoms with E-state index in [4.69, 9.17) is 4.74 Å². The summed E-state index contributed by atoms with van der Waals surface area (Å²) in [6, 6.07) is 10.7. The maximum absolute atomic E-state index is 6.24. The third-order valence-electron chi connectivity index (χ3n) is 5.09. The molecule has 1 aliphatic rings. The SMILES string of the molecule is CSNCc1ccc(-c2c[nH]c3nccc(OCC4CCCNC4)c23)cc1. The normalized spacial score (nSPS) is 17.3. The number of rotatable bonds is 7. The van der Waals surface area contributed by atoms with Crippen molar-refractivity contribution in [2.45, 2.75) is 19.4 Å². The summed E-state index contributed by atoms with van der Waals surface area (Å²) in [5.74, 6) is 1.49. The van der Waals surface area contributed by atoms with Crippen LogP contribution in [0.4, 0.5) is 0 Å². The highest BCUT2D eigenvalue weighted by Gasteiger charge is 2.16. The van der Waals surface area contributed by atoms with Crippen LogP contribution >= 0.6 is 11.9 Å². The van der Waals surface area contributed by atoms with Gasteiger partial charge in [0.05, 0.1) is 12.0 Å². The van der Waals surface area contributed by atoms with E-state index in [0.29, 0.717) is 5.92 Å². The van der Waals surface area contributed by atoms with Gasteiger partial charge in [-0.05, 0) is 42.8 Å². The minimum Gasteiger partial charge on any atom is -0.492 e. The van der Waals surface area contributed by atoms with Crippen molar-refractivity contribution in [3.63, 3.8) is 0 Å². The molecule has 1 fully saturated rings. The number of aromatic amines is 1. The monoisotopic (exact) mass is 382 g/mol. The van der Waals surface area contributed by atoms with E-state index >= 15 is 0 Å². The van der Waals surface area contributed by atoms with Gasteiger partial charge >= 0.3 is 0 Å². The zero-order valence-electron chi connectivity index (χ0n) is 15.6. The lowest BCUT2D eigenvalue weighted by atomic mass is 10.0. The Bertz CT molecular complexity index is 872. The Morgan fingerprint density at radius 2 is 2.15 bits per heavy atom. The highest BCUT2D eigenvalue weighted by molar-refractivity contribution is 7.96. The summed E-state index contributed by atoms with van der Waals surface area (Å²) in [6.07, 6.45) is 8.34. The Kier molecular flexibility index (Phi) is 5.97. The van der Waals surface area contributed by atoms with Crippen molar-refractivity contribution in [3.8, 4) is 16.9 Å². The molecule has 0 saturated carbocycles. The maximum Gasteiger partial charge on any atom is 0.141 e. The van der Waals surface area contributed by atoms with Gasteiger partial charge in [-0.1, -0.05) is 36.2 Å². The molecule has 0 spiro atoms. The number of H-pyrrole nitrogens is 1. The Morgan fingerprint density at radius 3 is 2.93 bits per heavy atom. The average Bonchev–Trinajstić information content (AvgIpc) is 3.17. The predicted molar refractivity (Wildman–Crippen MR) is 113 cm³/mol. The van der Waals surface area contributed by atoms with Gasteiger partial charge in [0.2, 0.25) is 0 Å². The molecule has 27 heavy (non-hydrogen) atoms. The summed E-state index contributed by atoms with van der Waals surface area (Å²) in [6.45, 7) is 3.77. The zero-order valence-corrected chi connectivity index (χ0v) is 16.4. The van der Waals surface area contributed by atoms with Crippen molar-refractivity contribution in [2.75, 3.05) is 26.0 Å². The maximum atomic E-state index is 6.24. The minimum absolute atomic E-state index is 0.576. The first kappa shape index (κ1) is 18.3. The van der Waals surface area contributed by atoms with Crippen LogP contribution in [-0.2, 0) is 6.54 Å². The first-order valence-corrected chi connectivity index (χ1v) is 10.7. The molecule has 3 N–H and O–H groups in total. The second-order valence-electron chi connectivity index (χ2n) is 6.98. The fraction of sp³-hybridized carbons (Fsp3) is 0.381. The molecule has 3 heterocycles. The van der Waals surface area contributed by atoms with E-state index in [2.05, 4.69) is 44.3 Å². The number of hydrogen-bond acceptors (Lipinski definition) is 5. The molecule has 142 valence electrons. The Labute approximate surface area is 164 Å². The molecule has 0 amide bonds. The summed E-state index contributed by atoms with van der Waals surface area (Å²) >= 11 is 1.64. The van der Waals surface area contributed by atoms with Gasteiger partial charge in [-0.25, -0.2) is 4.98 Å². The molecular formula is C21H26N4OS. The lowest BCUT2D eigenvalue weighted by molar-refractivity contribution is 0.220. The van der Waals surface area contributed by atoms with E-state index in [9.17, 15) is 0 Å². The van der Waals surface area contributed by atoms with E-state index in [0.717, 1.165) is 48.6 Å². The number of benzene rings is 1. The molecule has 1 saturated heterocycles. The van der Waals surface area contributed by atoms with E-state index < -0.39 is 0 Å². The van der Waals surface area contributed by atoms with Gasteiger partial charge in [0.15, 0.2) is 0 Å². The van der Waals surface area contributed by atoms with E-state index in [1.54, 1.807) is 11.9 Å². The number of aromatic nitrogens is 2. The van der Waals surface area contributed by atoms with E-state index in [1.165, 1.54) is 24.0 Å². The number of nitrogens with one attached hydrogen (secondary N) is 3. The molecule has 5 nitrogen and oxygen atoms in total. The summed E-state index contributed by atoms with van der Waals surface area (Å²) < 4.78 is 9.52. The molecule has 1 unspecified atom stereocenters. The van der Waals surface area contributed by atoms with Gasteiger partial charge in [-0.2, -0.15) is 0 Å². The highest BCUT2D eigenvalue weighted by atomic mass is 32.2. The van der Waals surface area contributed by atoms with E-state index in [1.807, 2.05) is 24.7 Å². The number of piperidine rings is 1. The summed E-state index contributed by atoms with van der Waals surface area (Å²) in [4.78, 5) is 7.77. The largest absolute Gasteiger partial charge is 0.492 e. The average molecular weight is 383 g/mol. The predicted octanol–water partition coefficient (Wildman–Crippen LogP) is 3.98. The van der Waals surface area contributed by atoms with Gasteiger partial charge < -0.3 is 15.0 Å². The van der Waals surface area contributed by atoms with Crippen LogP contribution in [0.3, 0.4) is 0 Å². The molecule has 6 heteroatoms. The van der Waals surface area contributed by atoms with E-state index in [-0.39, 0.29) is 0 Å². The van der Waals surface area contributed by atoms with Crippen molar-refractivity contribution >= 4 is 23.0 Å². The van der Waals surface area contributed by atoms with Crippen LogP contribution in [0.1, 0.15) is 18.4 Å². The smallest absolute Gasteiger partial charge is 0.141 e. The Hall–Kier alpha value is -2.02. The van der Waals surface area contributed by atoms with Gasteiger partial charge in [-0.3, -0.25) is 4.72 Å². The van der Waals surface area contributed by atoms with Crippen LogP contribution in [0, 0.1) is 5.92 Å². The molecule has 0 bridgehead atoms. The van der Waals surface area contributed by atoms with Crippen LogP contribution in [0.5, 0.6) is 5.75 Å². The van der Waals surface area contributed by atoms with Crippen molar-refractivity contribution in [1.29, 1.82) is 0 Å². The van der Waals surface area contributed by atoms with Crippen LogP contribution in [0.25, 0.3) is 22.2 Å². The van der Waals surface area contributed by atoms with Crippen LogP contribution in [-0.4, -0.2) is 35.9 Å². The minimum atomic E-state index is 0.576. The van der Waals surface area contributed by atoms with Gasteiger partial charge in [0.1, 0.15) is 11.4 Å². The number of ether oxygens (including phenoxy) is 1. The molecule has 2 aromatic heterocycles. The third kappa shape index (κ3) is 4.29. The number of nitrogens with zero attached hydrogens (tertiary/aromatic N) is 1. The molecule has 1 atom stereocenters. The molecule has 0 radical (unpaired) electrons. The number of pyridine rings is 1. The Morgan fingerprint density at radius 1 is 1.26 bits per heavy atom. The third-order valence-corrected chi connectivity index (χ3v) is 5.53. The first-order valence-electron chi connectivity index (χ1n) is 9.50. The number of hydrogen-bond donors (Lipinski definition) is 3.